The minimum absolute atomic E-state index is 0.321. The first-order valence-electron chi connectivity index (χ1n) is 12.5. The van der Waals surface area contributed by atoms with E-state index in [1.807, 2.05) is 51.1 Å². The van der Waals surface area contributed by atoms with Crippen molar-refractivity contribution in [3.05, 3.63) is 85.7 Å². The van der Waals surface area contributed by atoms with Gasteiger partial charge in [-0.3, -0.25) is 24.0 Å². The Morgan fingerprint density at radius 3 is 2.38 bits per heavy atom. The lowest BCUT2D eigenvalue weighted by Crippen LogP contribution is -2.49. The molecule has 39 heavy (non-hydrogen) atoms. The first-order valence-corrected chi connectivity index (χ1v) is 14.4. The van der Waals surface area contributed by atoms with E-state index in [0.717, 1.165) is 28.5 Å². The molecular formula is C28H34N4O6S. The van der Waals surface area contributed by atoms with Crippen LogP contribution in [-0.2, 0) is 22.0 Å². The van der Waals surface area contributed by atoms with Crippen LogP contribution in [0.5, 0.6) is 5.75 Å². The van der Waals surface area contributed by atoms with Gasteiger partial charge in [0, 0.05) is 48.7 Å². The van der Waals surface area contributed by atoms with Crippen molar-refractivity contribution < 1.29 is 18.3 Å². The van der Waals surface area contributed by atoms with Crippen molar-refractivity contribution in [2.45, 2.75) is 38.8 Å². The number of hydrogen-bond acceptors (Lipinski definition) is 7. The maximum Gasteiger partial charge on any atom is 0.332 e. The Hall–Kier alpha value is -3.67. The van der Waals surface area contributed by atoms with E-state index in [1.54, 1.807) is 19.2 Å². The molecule has 2 heterocycles. The van der Waals surface area contributed by atoms with Crippen LogP contribution in [0.2, 0.25) is 0 Å². The Labute approximate surface area is 227 Å². The van der Waals surface area contributed by atoms with Crippen LogP contribution >= 0.6 is 0 Å². The average molecular weight is 555 g/mol. The van der Waals surface area contributed by atoms with Crippen LogP contribution in [0.1, 0.15) is 43.0 Å². The first-order chi connectivity index (χ1) is 18.2. The number of ether oxygens (including phenoxy) is 1. The summed E-state index contributed by atoms with van der Waals surface area (Å²) in [5.41, 5.74) is 3.04. The van der Waals surface area contributed by atoms with E-state index in [2.05, 4.69) is 14.6 Å². The Kier molecular flexibility index (Phi) is 7.87. The summed E-state index contributed by atoms with van der Waals surface area (Å²) in [5.74, 6) is 0.655. The van der Waals surface area contributed by atoms with Crippen molar-refractivity contribution in [3.63, 3.8) is 0 Å². The van der Waals surface area contributed by atoms with Gasteiger partial charge in [0.05, 0.1) is 25.2 Å². The van der Waals surface area contributed by atoms with Gasteiger partial charge in [0.1, 0.15) is 5.75 Å². The zero-order valence-corrected chi connectivity index (χ0v) is 23.5. The Balaban J connectivity index is 1.82. The number of benzene rings is 2. The maximum absolute atomic E-state index is 12.6. The highest BCUT2D eigenvalue weighted by Crippen LogP contribution is 2.37. The molecule has 1 saturated heterocycles. The number of nitrogens with one attached hydrogen (secondary N) is 2. The molecule has 1 aliphatic rings. The number of aliphatic hydroxyl groups excluding tert-OH is 1. The molecule has 0 saturated carbocycles. The van der Waals surface area contributed by atoms with E-state index in [4.69, 9.17) is 4.74 Å². The maximum atomic E-state index is 12.6. The summed E-state index contributed by atoms with van der Waals surface area (Å²) in [4.78, 5) is 28.6. The molecule has 2 aromatic carbocycles. The summed E-state index contributed by atoms with van der Waals surface area (Å²) >= 11 is 0. The summed E-state index contributed by atoms with van der Waals surface area (Å²) < 4.78 is 33.3. The molecule has 0 radical (unpaired) electrons. The number of rotatable bonds is 8. The predicted octanol–water partition coefficient (Wildman–Crippen LogP) is 2.55. The van der Waals surface area contributed by atoms with Crippen molar-refractivity contribution in [3.8, 4) is 11.4 Å². The molecule has 208 valence electrons. The number of nitrogens with zero attached hydrogens (tertiary/aromatic N) is 2. The highest BCUT2D eigenvalue weighted by atomic mass is 32.2. The van der Waals surface area contributed by atoms with Gasteiger partial charge in [-0.1, -0.05) is 39.0 Å². The normalized spacial score (nSPS) is 14.9. The third kappa shape index (κ3) is 6.86. The van der Waals surface area contributed by atoms with E-state index in [9.17, 15) is 23.1 Å². The summed E-state index contributed by atoms with van der Waals surface area (Å²) in [6.07, 6.45) is 5.99. The van der Waals surface area contributed by atoms with Crippen LogP contribution in [-0.4, -0.2) is 60.5 Å². The molecule has 0 aliphatic carbocycles. The van der Waals surface area contributed by atoms with Crippen LogP contribution in [0.25, 0.3) is 17.8 Å². The smallest absolute Gasteiger partial charge is 0.332 e. The highest BCUT2D eigenvalue weighted by molar-refractivity contribution is 7.92. The summed E-state index contributed by atoms with van der Waals surface area (Å²) in [6.45, 7) is 7.77. The van der Waals surface area contributed by atoms with Gasteiger partial charge >= 0.3 is 5.69 Å². The molecule has 11 heteroatoms. The number of aromatic amines is 1. The van der Waals surface area contributed by atoms with E-state index in [0.29, 0.717) is 36.8 Å². The van der Waals surface area contributed by atoms with Crippen LogP contribution < -0.4 is 20.7 Å². The molecule has 4 rings (SSSR count). The zero-order chi connectivity index (χ0) is 28.5. The number of β-amino-alcohol motifs (C(OH)–C–C–N with tert-alkyl or cyclic N) is 1. The van der Waals surface area contributed by atoms with E-state index in [1.165, 1.54) is 16.8 Å². The molecule has 3 aromatic rings. The molecule has 0 spiro atoms. The van der Waals surface area contributed by atoms with Crippen molar-refractivity contribution >= 4 is 27.9 Å². The summed E-state index contributed by atoms with van der Waals surface area (Å²) in [5, 5.41) is 9.72. The number of aromatic nitrogens is 2. The van der Waals surface area contributed by atoms with Gasteiger partial charge < -0.3 is 9.84 Å². The van der Waals surface area contributed by atoms with Gasteiger partial charge in [0.2, 0.25) is 10.0 Å². The van der Waals surface area contributed by atoms with Gasteiger partial charge in [-0.25, -0.2) is 13.2 Å². The average Bonchev–Trinajstić information content (AvgIpc) is 2.80. The lowest BCUT2D eigenvalue weighted by atomic mass is 9.84. The third-order valence-electron chi connectivity index (χ3n) is 6.44. The molecule has 10 nitrogen and oxygen atoms in total. The number of H-pyrrole nitrogens is 1. The van der Waals surface area contributed by atoms with Gasteiger partial charge in [-0.05, 0) is 40.8 Å². The number of likely N-dealkylation sites (tertiary alicyclic amines) is 1. The van der Waals surface area contributed by atoms with Crippen molar-refractivity contribution in [1.29, 1.82) is 0 Å². The number of aliphatic hydroxyl groups is 1. The Morgan fingerprint density at radius 1 is 1.10 bits per heavy atom. The van der Waals surface area contributed by atoms with Crippen molar-refractivity contribution in [1.82, 2.24) is 14.5 Å². The molecule has 0 amide bonds. The quantitative estimate of drug-likeness (QED) is 0.365. The minimum atomic E-state index is -3.44. The van der Waals surface area contributed by atoms with E-state index < -0.39 is 21.3 Å². The number of hydrogen-bond donors (Lipinski definition) is 3. The SMILES string of the molecule is COc1c(/C=C/c2ccc(NS(C)(=O)=O)cc2CN2CC(O)C2)cc(-n2ccc(=O)[nH]c2=O)cc1C(C)(C)C. The molecule has 1 aliphatic heterocycles. The monoisotopic (exact) mass is 554 g/mol. The fourth-order valence-electron chi connectivity index (χ4n) is 4.58. The number of anilines is 1. The second-order valence-electron chi connectivity index (χ2n) is 10.8. The Bertz CT molecular complexity index is 1630. The minimum Gasteiger partial charge on any atom is -0.496 e. The van der Waals surface area contributed by atoms with E-state index in [-0.39, 0.29) is 11.5 Å². The Morgan fingerprint density at radius 2 is 1.79 bits per heavy atom. The molecular weight excluding hydrogens is 520 g/mol. The number of methoxy groups -OCH3 is 1. The third-order valence-corrected chi connectivity index (χ3v) is 7.04. The van der Waals surface area contributed by atoms with Gasteiger partial charge in [0.15, 0.2) is 0 Å². The van der Waals surface area contributed by atoms with Gasteiger partial charge in [-0.15, -0.1) is 0 Å². The topological polar surface area (TPSA) is 134 Å². The molecule has 3 N–H and O–H groups in total. The van der Waals surface area contributed by atoms with Crippen molar-refractivity contribution in [2.75, 3.05) is 31.2 Å². The van der Waals surface area contributed by atoms with Crippen molar-refractivity contribution in [2.24, 2.45) is 0 Å². The molecule has 0 atom stereocenters. The van der Waals surface area contributed by atoms with E-state index >= 15 is 0 Å². The largest absolute Gasteiger partial charge is 0.496 e. The fourth-order valence-corrected chi connectivity index (χ4v) is 5.13. The first kappa shape index (κ1) is 28.3. The fraction of sp³-hybridized carbons (Fsp3) is 0.357. The standard InChI is InChI=1S/C28H34N4O6S/c1-28(2,3)24-14-22(32-11-10-25(34)29-27(32)35)13-19(26(24)38-4)7-6-18-8-9-21(30-39(5,36)37)12-20(18)15-31-16-23(33)17-31/h6-14,23,30,33H,15-17H2,1-5H3,(H,29,34,35)/b7-6+. The zero-order valence-electron chi connectivity index (χ0n) is 22.7. The van der Waals surface area contributed by atoms with Gasteiger partial charge in [0.25, 0.3) is 5.56 Å². The van der Waals surface area contributed by atoms with Crippen LogP contribution in [0.4, 0.5) is 5.69 Å². The molecule has 1 fully saturated rings. The predicted molar refractivity (Wildman–Crippen MR) is 153 cm³/mol. The lowest BCUT2D eigenvalue weighted by Gasteiger charge is -2.36. The highest BCUT2D eigenvalue weighted by Gasteiger charge is 2.25. The lowest BCUT2D eigenvalue weighted by molar-refractivity contribution is -0.00288. The number of sulfonamides is 1. The molecule has 1 aromatic heterocycles. The van der Waals surface area contributed by atoms with Crippen LogP contribution in [0.15, 0.2) is 52.2 Å². The van der Waals surface area contributed by atoms with Gasteiger partial charge in [-0.2, -0.15) is 0 Å². The molecule has 0 unspecified atom stereocenters. The van der Waals surface area contributed by atoms with Crippen LogP contribution in [0, 0.1) is 0 Å². The summed E-state index contributed by atoms with van der Waals surface area (Å²) in [6, 6.07) is 10.3. The second kappa shape index (κ2) is 10.8. The molecule has 0 bridgehead atoms. The van der Waals surface area contributed by atoms with Crippen LogP contribution in [0.3, 0.4) is 0 Å². The summed E-state index contributed by atoms with van der Waals surface area (Å²) in [7, 11) is -1.85. The second-order valence-corrected chi connectivity index (χ2v) is 12.6.